The maximum atomic E-state index is 12.3. The van der Waals surface area contributed by atoms with Gasteiger partial charge in [0.25, 0.3) is 11.1 Å². The summed E-state index contributed by atoms with van der Waals surface area (Å²) in [7, 11) is 0. The molecule has 0 saturated carbocycles. The quantitative estimate of drug-likeness (QED) is 0.747. The molecule has 2 aromatic rings. The monoisotopic (exact) mass is 371 g/mol. The summed E-state index contributed by atoms with van der Waals surface area (Å²) in [6.45, 7) is 2.76. The molecule has 0 bridgehead atoms. The highest BCUT2D eigenvalue weighted by atomic mass is 32.2. The minimum atomic E-state index is -0.350. The third-order valence-electron chi connectivity index (χ3n) is 3.87. The van der Waals surface area contributed by atoms with Gasteiger partial charge in [-0.15, -0.1) is 11.8 Å². The molecule has 1 aliphatic rings. The highest BCUT2D eigenvalue weighted by molar-refractivity contribution is 8.03. The lowest BCUT2D eigenvalue weighted by Gasteiger charge is -2.04. The van der Waals surface area contributed by atoms with Crippen LogP contribution in [0, 0.1) is 0 Å². The molecule has 0 aromatic carbocycles. The number of thioether (sulfide) groups is 1. The Hall–Kier alpha value is -2.54. The first-order chi connectivity index (χ1) is 12.7. The summed E-state index contributed by atoms with van der Waals surface area (Å²) in [6.07, 6.45) is 9.90. The molecular weight excluding hydrogens is 350 g/mol. The third-order valence-corrected chi connectivity index (χ3v) is 4.90. The Balaban J connectivity index is 1.83. The zero-order valence-corrected chi connectivity index (χ0v) is 15.3. The van der Waals surface area contributed by atoms with Crippen LogP contribution in [-0.2, 0) is 0 Å². The number of unbranched alkanes of at least 4 members (excludes halogenated alkanes) is 1. The van der Waals surface area contributed by atoms with Gasteiger partial charge in [-0.2, -0.15) is 0 Å². The molecule has 136 valence electrons. The van der Waals surface area contributed by atoms with Crippen LogP contribution in [0.1, 0.15) is 31.9 Å². The molecule has 2 aromatic heterocycles. The van der Waals surface area contributed by atoms with Crippen molar-refractivity contribution < 1.29 is 4.74 Å². The summed E-state index contributed by atoms with van der Waals surface area (Å²) in [5, 5.41) is 2.65. The van der Waals surface area contributed by atoms with E-state index in [4.69, 9.17) is 4.74 Å². The fraction of sp³-hybridized carbons (Fsp3) is 0.316. The molecule has 3 heterocycles. The Labute approximate surface area is 154 Å². The molecule has 0 aliphatic carbocycles. The molecule has 0 fully saturated rings. The van der Waals surface area contributed by atoms with Crippen molar-refractivity contribution >= 4 is 23.9 Å². The second-order valence-electron chi connectivity index (χ2n) is 5.95. The SMILES string of the molecule is CCCCOc1ccc(/C=c2/[nH]c(=O)/c(=C\C3CC=CS3)[nH]c2=O)nc1. The highest BCUT2D eigenvalue weighted by Crippen LogP contribution is 2.24. The largest absolute Gasteiger partial charge is 0.492 e. The maximum absolute atomic E-state index is 12.3. The van der Waals surface area contributed by atoms with Gasteiger partial charge < -0.3 is 14.7 Å². The summed E-state index contributed by atoms with van der Waals surface area (Å²) in [6, 6.07) is 3.55. The van der Waals surface area contributed by atoms with Crippen LogP contribution in [-0.4, -0.2) is 26.8 Å². The van der Waals surface area contributed by atoms with E-state index in [1.165, 1.54) is 0 Å². The second-order valence-corrected chi connectivity index (χ2v) is 7.10. The summed E-state index contributed by atoms with van der Waals surface area (Å²) in [4.78, 5) is 34.0. The van der Waals surface area contributed by atoms with E-state index in [1.807, 2.05) is 11.5 Å². The van der Waals surface area contributed by atoms with Crippen LogP contribution in [0.5, 0.6) is 5.75 Å². The van der Waals surface area contributed by atoms with Crippen LogP contribution in [0.2, 0.25) is 0 Å². The number of aromatic nitrogens is 3. The molecule has 1 atom stereocenters. The number of nitrogens with one attached hydrogen (secondary N) is 2. The van der Waals surface area contributed by atoms with Crippen LogP contribution < -0.4 is 26.6 Å². The average molecular weight is 371 g/mol. The van der Waals surface area contributed by atoms with Crippen molar-refractivity contribution in [3.63, 3.8) is 0 Å². The van der Waals surface area contributed by atoms with E-state index in [9.17, 15) is 9.59 Å². The van der Waals surface area contributed by atoms with E-state index >= 15 is 0 Å². The summed E-state index contributed by atoms with van der Waals surface area (Å²) >= 11 is 1.63. The van der Waals surface area contributed by atoms with Gasteiger partial charge in [0.2, 0.25) is 0 Å². The van der Waals surface area contributed by atoms with Crippen LogP contribution in [0.3, 0.4) is 0 Å². The predicted octanol–water partition coefficient (Wildman–Crippen LogP) is 1.27. The van der Waals surface area contributed by atoms with Crippen molar-refractivity contribution in [1.82, 2.24) is 15.0 Å². The van der Waals surface area contributed by atoms with Gasteiger partial charge in [0.1, 0.15) is 16.4 Å². The normalized spacial score (nSPS) is 17.8. The fourth-order valence-corrected chi connectivity index (χ4v) is 3.31. The van der Waals surface area contributed by atoms with Gasteiger partial charge in [-0.3, -0.25) is 14.6 Å². The molecule has 0 radical (unpaired) electrons. The van der Waals surface area contributed by atoms with Crippen molar-refractivity contribution in [2.75, 3.05) is 6.61 Å². The minimum absolute atomic E-state index is 0.177. The van der Waals surface area contributed by atoms with Gasteiger partial charge in [-0.25, -0.2) is 0 Å². The van der Waals surface area contributed by atoms with E-state index in [2.05, 4.69) is 21.9 Å². The number of pyridine rings is 1. The Morgan fingerprint density at radius 1 is 1.27 bits per heavy atom. The fourth-order valence-electron chi connectivity index (χ4n) is 2.45. The van der Waals surface area contributed by atoms with Gasteiger partial charge in [0.15, 0.2) is 0 Å². The van der Waals surface area contributed by atoms with Crippen molar-refractivity contribution in [2.45, 2.75) is 31.4 Å². The molecule has 0 amide bonds. The summed E-state index contributed by atoms with van der Waals surface area (Å²) in [5.74, 6) is 0.686. The van der Waals surface area contributed by atoms with Gasteiger partial charge in [-0.05, 0) is 42.5 Å². The Morgan fingerprint density at radius 2 is 2.08 bits per heavy atom. The van der Waals surface area contributed by atoms with Crippen molar-refractivity contribution in [3.8, 4) is 5.75 Å². The average Bonchev–Trinajstić information content (AvgIpc) is 3.14. The first-order valence-electron chi connectivity index (χ1n) is 8.61. The number of aromatic amines is 2. The summed E-state index contributed by atoms with van der Waals surface area (Å²) in [5.41, 5.74) is -0.0963. The number of nitrogens with zero attached hydrogens (tertiary/aromatic N) is 1. The standard InChI is InChI=1S/C19H21N3O3S/c1-2-3-8-25-14-7-6-13(20-12-14)10-16-18(23)22-17(19(24)21-16)11-15-5-4-9-26-15/h4,6-7,9-12,15H,2-3,5,8H2,1H3,(H,21,24)(H,22,23)/b16-10+,17-11+. The van der Waals surface area contributed by atoms with Crippen molar-refractivity contribution in [2.24, 2.45) is 0 Å². The van der Waals surface area contributed by atoms with Gasteiger partial charge in [-0.1, -0.05) is 19.4 Å². The van der Waals surface area contributed by atoms with Crippen molar-refractivity contribution in [3.05, 3.63) is 66.9 Å². The maximum Gasteiger partial charge on any atom is 0.272 e. The van der Waals surface area contributed by atoms with E-state index < -0.39 is 0 Å². The first-order valence-corrected chi connectivity index (χ1v) is 9.55. The Morgan fingerprint density at radius 3 is 2.77 bits per heavy atom. The molecule has 0 spiro atoms. The molecule has 6 nitrogen and oxygen atoms in total. The molecule has 1 aliphatic heterocycles. The highest BCUT2D eigenvalue weighted by Gasteiger charge is 2.08. The van der Waals surface area contributed by atoms with E-state index in [0.717, 1.165) is 19.3 Å². The number of rotatable bonds is 6. The number of ether oxygens (including phenoxy) is 1. The number of allylic oxidation sites excluding steroid dienone is 1. The zero-order valence-electron chi connectivity index (χ0n) is 14.5. The lowest BCUT2D eigenvalue weighted by atomic mass is 10.3. The number of hydrogen-bond acceptors (Lipinski definition) is 5. The van der Waals surface area contributed by atoms with E-state index in [0.29, 0.717) is 23.4 Å². The number of hydrogen-bond donors (Lipinski definition) is 2. The van der Waals surface area contributed by atoms with Crippen LogP contribution >= 0.6 is 11.8 Å². The summed E-state index contributed by atoms with van der Waals surface area (Å²) < 4.78 is 5.56. The van der Waals surface area contributed by atoms with E-state index in [-0.39, 0.29) is 21.7 Å². The molecular formula is C19H21N3O3S. The molecule has 26 heavy (non-hydrogen) atoms. The molecule has 1 unspecified atom stereocenters. The lowest BCUT2D eigenvalue weighted by molar-refractivity contribution is 0.308. The van der Waals surface area contributed by atoms with Gasteiger partial charge in [0, 0.05) is 5.25 Å². The van der Waals surface area contributed by atoms with Crippen LogP contribution in [0.15, 0.2) is 39.4 Å². The van der Waals surface area contributed by atoms with Crippen molar-refractivity contribution in [1.29, 1.82) is 0 Å². The zero-order chi connectivity index (χ0) is 18.4. The lowest BCUT2D eigenvalue weighted by Crippen LogP contribution is -2.47. The smallest absolute Gasteiger partial charge is 0.272 e. The molecule has 0 saturated heterocycles. The van der Waals surface area contributed by atoms with Crippen LogP contribution in [0.25, 0.3) is 12.2 Å². The topological polar surface area (TPSA) is 87.8 Å². The third kappa shape index (κ3) is 4.76. The molecule has 3 rings (SSSR count). The first kappa shape index (κ1) is 18.3. The van der Waals surface area contributed by atoms with Crippen LogP contribution in [0.4, 0.5) is 0 Å². The van der Waals surface area contributed by atoms with Gasteiger partial charge in [0.05, 0.1) is 18.5 Å². The Kier molecular flexibility index (Phi) is 6.12. The van der Waals surface area contributed by atoms with Gasteiger partial charge >= 0.3 is 0 Å². The number of H-pyrrole nitrogens is 2. The predicted molar refractivity (Wildman–Crippen MR) is 105 cm³/mol. The second kappa shape index (κ2) is 8.71. The van der Waals surface area contributed by atoms with E-state index in [1.54, 1.807) is 42.2 Å². The minimum Gasteiger partial charge on any atom is -0.492 e. The molecule has 2 N–H and O–H groups in total. The Bertz CT molecular complexity index is 998. The molecule has 7 heteroatoms.